The molecule has 7 nitrogen and oxygen atoms in total. The molecule has 30 heavy (non-hydrogen) atoms. The molecule has 2 aromatic heterocycles. The number of aryl methyl sites for hydroxylation is 2. The molecule has 0 atom stereocenters. The first-order chi connectivity index (χ1) is 14.4. The number of hydrogen-bond acceptors (Lipinski definition) is 6. The molecule has 156 valence electrons. The minimum Gasteiger partial charge on any atom is -0.343 e. The van der Waals surface area contributed by atoms with Gasteiger partial charge in [-0.1, -0.05) is 6.07 Å². The Morgan fingerprint density at radius 1 is 1.30 bits per heavy atom. The van der Waals surface area contributed by atoms with E-state index in [-0.39, 0.29) is 5.91 Å². The number of anilines is 1. The summed E-state index contributed by atoms with van der Waals surface area (Å²) in [5.41, 5.74) is 12.1. The Bertz CT molecular complexity index is 1190. The number of nitrogens with two attached hydrogens (primary N) is 1. The summed E-state index contributed by atoms with van der Waals surface area (Å²) in [7, 11) is 1.80. The Hall–Kier alpha value is -2.52. The van der Waals surface area contributed by atoms with Gasteiger partial charge in [-0.3, -0.25) is 9.20 Å². The fourth-order valence-corrected chi connectivity index (χ4v) is 5.28. The number of imidazole rings is 1. The van der Waals surface area contributed by atoms with Gasteiger partial charge in [-0.05, 0) is 38.6 Å². The van der Waals surface area contributed by atoms with Gasteiger partial charge in [-0.25, -0.2) is 4.98 Å². The Morgan fingerprint density at radius 3 is 2.80 bits per heavy atom. The number of ether oxygens (including phenoxy) is 2. The van der Waals surface area contributed by atoms with Crippen LogP contribution in [0.3, 0.4) is 0 Å². The quantitative estimate of drug-likeness (QED) is 0.651. The summed E-state index contributed by atoms with van der Waals surface area (Å²) in [6.07, 6.45) is 2.51. The van der Waals surface area contributed by atoms with Gasteiger partial charge in [0, 0.05) is 35.7 Å². The van der Waals surface area contributed by atoms with Crippen molar-refractivity contribution in [1.82, 2.24) is 9.38 Å². The Kier molecular flexibility index (Phi) is 4.55. The predicted molar refractivity (Wildman–Crippen MR) is 118 cm³/mol. The van der Waals surface area contributed by atoms with Crippen LogP contribution in [-0.4, -0.2) is 42.1 Å². The molecule has 3 aromatic rings. The minimum atomic E-state index is -0.844. The highest BCUT2D eigenvalue weighted by Crippen LogP contribution is 2.42. The summed E-state index contributed by atoms with van der Waals surface area (Å²) in [5.74, 6) is -0.881. The molecule has 0 unspecified atom stereocenters. The zero-order valence-corrected chi connectivity index (χ0v) is 18.1. The Balaban J connectivity index is 1.67. The number of thiazole rings is 1. The van der Waals surface area contributed by atoms with Gasteiger partial charge < -0.3 is 20.1 Å². The summed E-state index contributed by atoms with van der Waals surface area (Å²) < 4.78 is 14.0. The van der Waals surface area contributed by atoms with Crippen molar-refractivity contribution >= 4 is 39.5 Å². The van der Waals surface area contributed by atoms with Gasteiger partial charge >= 0.3 is 0 Å². The lowest BCUT2D eigenvalue weighted by atomic mass is 9.96. The van der Waals surface area contributed by atoms with E-state index in [0.717, 1.165) is 38.9 Å². The lowest BCUT2D eigenvalue weighted by Crippen LogP contribution is -2.30. The van der Waals surface area contributed by atoms with Gasteiger partial charge in [0.15, 0.2) is 10.7 Å². The first kappa shape index (κ1) is 19.4. The molecule has 0 bridgehead atoms. The van der Waals surface area contributed by atoms with Crippen molar-refractivity contribution in [2.45, 2.75) is 26.1 Å². The van der Waals surface area contributed by atoms with Crippen LogP contribution in [0.25, 0.3) is 16.6 Å². The number of rotatable bonds is 4. The van der Waals surface area contributed by atoms with Gasteiger partial charge in [0.1, 0.15) is 0 Å². The Morgan fingerprint density at radius 2 is 2.07 bits per heavy atom. The van der Waals surface area contributed by atoms with E-state index >= 15 is 0 Å². The largest absolute Gasteiger partial charge is 0.343 e. The fourth-order valence-electron chi connectivity index (χ4n) is 4.36. The third kappa shape index (κ3) is 2.75. The summed E-state index contributed by atoms with van der Waals surface area (Å²) in [4.78, 5) is 20.4. The number of nitrogens with zero attached hydrogens (tertiary/aromatic N) is 3. The van der Waals surface area contributed by atoms with Gasteiger partial charge in [0.25, 0.3) is 5.91 Å². The maximum absolute atomic E-state index is 13.1. The van der Waals surface area contributed by atoms with Crippen molar-refractivity contribution in [2.75, 3.05) is 31.7 Å². The van der Waals surface area contributed by atoms with Gasteiger partial charge in [-0.15, -0.1) is 11.3 Å². The average Bonchev–Trinajstić information content (AvgIpc) is 3.47. The average molecular weight is 425 g/mol. The highest BCUT2D eigenvalue weighted by Gasteiger charge is 2.40. The van der Waals surface area contributed by atoms with Crippen LogP contribution in [0.5, 0.6) is 0 Å². The molecule has 8 heteroatoms. The summed E-state index contributed by atoms with van der Waals surface area (Å²) >= 11 is 1.60. The minimum absolute atomic E-state index is 0.0366. The third-order valence-electron chi connectivity index (χ3n) is 5.89. The lowest BCUT2D eigenvalue weighted by Gasteiger charge is -2.28. The molecular formula is C22H24N4O3S. The van der Waals surface area contributed by atoms with Gasteiger partial charge in [0.2, 0.25) is 0 Å². The van der Waals surface area contributed by atoms with Crippen LogP contribution >= 0.6 is 11.3 Å². The molecule has 0 radical (unpaired) electrons. The molecule has 0 saturated carbocycles. The van der Waals surface area contributed by atoms with E-state index < -0.39 is 5.79 Å². The van der Waals surface area contributed by atoms with Crippen LogP contribution in [0.4, 0.5) is 5.69 Å². The number of fused-ring (bicyclic) bond motifs is 2. The summed E-state index contributed by atoms with van der Waals surface area (Å²) in [6, 6.07) is 5.94. The molecule has 5 rings (SSSR count). The van der Waals surface area contributed by atoms with Crippen molar-refractivity contribution in [2.24, 2.45) is 5.73 Å². The second-order valence-corrected chi connectivity index (χ2v) is 8.56. The molecule has 0 aliphatic carbocycles. The van der Waals surface area contributed by atoms with Crippen LogP contribution in [0.15, 0.2) is 23.6 Å². The molecule has 2 aliphatic heterocycles. The number of aromatic nitrogens is 2. The maximum Gasteiger partial charge on any atom is 0.258 e. The van der Waals surface area contributed by atoms with Crippen LogP contribution in [0, 0.1) is 13.8 Å². The normalized spacial score (nSPS) is 19.4. The molecule has 1 saturated heterocycles. The molecule has 1 fully saturated rings. The van der Waals surface area contributed by atoms with Crippen molar-refractivity contribution in [1.29, 1.82) is 0 Å². The molecular weight excluding hydrogens is 400 g/mol. The zero-order chi connectivity index (χ0) is 21.0. The maximum atomic E-state index is 13.1. The number of amides is 1. The topological polar surface area (TPSA) is 82.1 Å². The van der Waals surface area contributed by atoms with Gasteiger partial charge in [-0.2, -0.15) is 0 Å². The van der Waals surface area contributed by atoms with Crippen LogP contribution in [0.2, 0.25) is 0 Å². The SMILES string of the molecule is Cc1nc2scc(C)n2c1/C=C1\C(=O)N(C)c2ccc(C3(CCN)OCCO3)cc21. The standard InChI is InChI=1S/C22H24N4O3S/c1-13-12-30-21-24-14(2)19(26(13)21)11-17-16-10-15(4-5-18(16)25(3)20(17)27)22(6-7-23)28-8-9-29-22/h4-5,10-12H,6-9,23H2,1-3H3/b17-11-. The van der Waals surface area contributed by atoms with Crippen LogP contribution in [0.1, 0.15) is 34.6 Å². The van der Waals surface area contributed by atoms with E-state index in [0.29, 0.717) is 31.8 Å². The van der Waals surface area contributed by atoms with E-state index in [9.17, 15) is 4.79 Å². The highest BCUT2D eigenvalue weighted by molar-refractivity contribution is 7.15. The third-order valence-corrected chi connectivity index (χ3v) is 6.83. The zero-order valence-electron chi connectivity index (χ0n) is 17.3. The number of carbonyl (C=O) groups is 1. The fraction of sp³-hybridized carbons (Fsp3) is 0.364. The number of benzene rings is 1. The first-order valence-corrected chi connectivity index (χ1v) is 10.9. The molecule has 4 heterocycles. The second kappa shape index (κ2) is 7.02. The van der Waals surface area contributed by atoms with E-state index in [1.807, 2.05) is 38.1 Å². The van der Waals surface area contributed by atoms with Crippen molar-refractivity contribution in [3.63, 3.8) is 0 Å². The lowest BCUT2D eigenvalue weighted by molar-refractivity contribution is -0.168. The van der Waals surface area contributed by atoms with Crippen LogP contribution in [-0.2, 0) is 20.1 Å². The monoisotopic (exact) mass is 424 g/mol. The molecule has 2 N–H and O–H groups in total. The van der Waals surface area contributed by atoms with E-state index in [4.69, 9.17) is 15.2 Å². The summed E-state index contributed by atoms with van der Waals surface area (Å²) in [6.45, 7) is 5.53. The molecule has 2 aliphatic rings. The van der Waals surface area contributed by atoms with E-state index in [1.54, 1.807) is 23.3 Å². The number of likely N-dealkylation sites (N-methyl/N-ethyl adjacent to an activating group) is 1. The molecule has 1 aromatic carbocycles. The van der Waals surface area contributed by atoms with Crippen molar-refractivity contribution in [3.05, 3.63) is 51.8 Å². The highest BCUT2D eigenvalue weighted by atomic mass is 32.1. The smallest absolute Gasteiger partial charge is 0.258 e. The molecule has 0 spiro atoms. The number of carbonyl (C=O) groups excluding carboxylic acids is 1. The number of hydrogen-bond donors (Lipinski definition) is 1. The van der Waals surface area contributed by atoms with Gasteiger partial charge in [0.05, 0.1) is 35.9 Å². The first-order valence-electron chi connectivity index (χ1n) is 10.0. The molecule has 1 amide bonds. The Labute approximate surface area is 178 Å². The van der Waals surface area contributed by atoms with E-state index in [2.05, 4.69) is 14.8 Å². The summed E-state index contributed by atoms with van der Waals surface area (Å²) in [5, 5.41) is 2.07. The van der Waals surface area contributed by atoms with Crippen LogP contribution < -0.4 is 10.6 Å². The van der Waals surface area contributed by atoms with E-state index in [1.165, 1.54) is 0 Å². The van der Waals surface area contributed by atoms with Crippen molar-refractivity contribution < 1.29 is 14.3 Å². The second-order valence-electron chi connectivity index (χ2n) is 7.72. The van der Waals surface area contributed by atoms with Crippen molar-refractivity contribution in [3.8, 4) is 0 Å². The predicted octanol–water partition coefficient (Wildman–Crippen LogP) is 3.08.